The fourth-order valence-corrected chi connectivity index (χ4v) is 0.720. The Balaban J connectivity index is 3.34. The molecule has 0 rings (SSSR count). The topological polar surface area (TPSA) is 52.3 Å². The second kappa shape index (κ2) is 6.14. The smallest absolute Gasteiger partial charge is 0.158 e. The van der Waals surface area contributed by atoms with E-state index in [2.05, 4.69) is 0 Å². The number of ether oxygens (including phenoxy) is 1. The molecule has 0 aromatic carbocycles. The zero-order chi connectivity index (χ0) is 9.56. The van der Waals surface area contributed by atoms with Crippen LogP contribution in [0, 0.1) is 0 Å². The first kappa shape index (κ1) is 11.6. The molecule has 0 saturated carbocycles. The monoisotopic (exact) mass is 173 g/mol. The van der Waals surface area contributed by atoms with Gasteiger partial charge in [-0.25, -0.2) is 0 Å². The second-order valence-electron chi connectivity index (χ2n) is 3.41. The molecule has 12 heavy (non-hydrogen) atoms. The Labute approximate surface area is 74.3 Å². The highest BCUT2D eigenvalue weighted by Gasteiger charge is 2.04. The molecule has 1 atom stereocenters. The number of ketones is 1. The Bertz CT molecular complexity index is 118. The summed E-state index contributed by atoms with van der Waals surface area (Å²) in [6, 6.07) is 0.105. The predicted molar refractivity (Wildman–Crippen MR) is 49.0 cm³/mol. The van der Waals surface area contributed by atoms with E-state index < -0.39 is 0 Å². The lowest BCUT2D eigenvalue weighted by Crippen LogP contribution is -2.19. The van der Waals surface area contributed by atoms with Gasteiger partial charge in [0.1, 0.15) is 6.61 Å². The quantitative estimate of drug-likeness (QED) is 0.654. The highest BCUT2D eigenvalue weighted by atomic mass is 16.5. The van der Waals surface area contributed by atoms with Gasteiger partial charge in [0.25, 0.3) is 0 Å². The molecular weight excluding hydrogens is 154 g/mol. The van der Waals surface area contributed by atoms with Gasteiger partial charge in [0, 0.05) is 12.5 Å². The molecule has 3 heteroatoms. The maximum absolute atomic E-state index is 11.1. The third-order valence-electron chi connectivity index (χ3n) is 1.46. The molecule has 0 radical (unpaired) electrons. The lowest BCUT2D eigenvalue weighted by molar-refractivity contribution is -0.125. The third-order valence-corrected chi connectivity index (χ3v) is 1.46. The number of Topliss-reactive ketones (excluding diaryl/α,β-unsaturated/α-hetero) is 1. The Morgan fingerprint density at radius 2 is 2.00 bits per heavy atom. The fourth-order valence-electron chi connectivity index (χ4n) is 0.720. The minimum atomic E-state index is 0.105. The van der Waals surface area contributed by atoms with Crippen LogP contribution in [0.1, 0.15) is 33.6 Å². The summed E-state index contributed by atoms with van der Waals surface area (Å²) in [5.41, 5.74) is 5.50. The van der Waals surface area contributed by atoms with E-state index in [9.17, 15) is 4.79 Å². The second-order valence-corrected chi connectivity index (χ2v) is 3.41. The summed E-state index contributed by atoms with van der Waals surface area (Å²) in [7, 11) is 0. The first-order valence-electron chi connectivity index (χ1n) is 4.41. The van der Waals surface area contributed by atoms with Crippen LogP contribution in [-0.4, -0.2) is 24.5 Å². The summed E-state index contributed by atoms with van der Waals surface area (Å²) in [6.45, 7) is 5.96. The Kier molecular flexibility index (Phi) is 5.93. The van der Waals surface area contributed by atoms with Crippen molar-refractivity contribution >= 4 is 5.78 Å². The van der Waals surface area contributed by atoms with Crippen LogP contribution in [0.25, 0.3) is 0 Å². The minimum absolute atomic E-state index is 0.105. The standard InChI is InChI=1S/C9H19NO2/c1-7(2)12-6-9(11)5-4-8(3)10/h7-8H,4-6,10H2,1-3H3. The molecule has 1 unspecified atom stereocenters. The van der Waals surface area contributed by atoms with Crippen molar-refractivity contribution in [2.45, 2.75) is 45.8 Å². The molecule has 3 nitrogen and oxygen atoms in total. The van der Waals surface area contributed by atoms with Crippen LogP contribution in [-0.2, 0) is 9.53 Å². The van der Waals surface area contributed by atoms with Crippen LogP contribution in [0.5, 0.6) is 0 Å². The van der Waals surface area contributed by atoms with Crippen LogP contribution < -0.4 is 5.73 Å². The molecule has 0 spiro atoms. The number of carbonyl (C=O) groups excluding carboxylic acids is 1. The van der Waals surface area contributed by atoms with Crippen molar-refractivity contribution in [3.63, 3.8) is 0 Å². The summed E-state index contributed by atoms with van der Waals surface area (Å²) >= 11 is 0. The van der Waals surface area contributed by atoms with E-state index in [4.69, 9.17) is 10.5 Å². The molecular formula is C9H19NO2. The summed E-state index contributed by atoms with van der Waals surface area (Å²) in [5.74, 6) is 0.140. The van der Waals surface area contributed by atoms with E-state index in [0.717, 1.165) is 6.42 Å². The SMILES string of the molecule is CC(N)CCC(=O)COC(C)C. The summed E-state index contributed by atoms with van der Waals surface area (Å²) < 4.78 is 5.15. The lowest BCUT2D eigenvalue weighted by Gasteiger charge is -2.07. The van der Waals surface area contributed by atoms with Crippen molar-refractivity contribution in [3.05, 3.63) is 0 Å². The molecule has 0 saturated heterocycles. The summed E-state index contributed by atoms with van der Waals surface area (Å²) in [6.07, 6.45) is 1.41. The van der Waals surface area contributed by atoms with E-state index in [-0.39, 0.29) is 24.5 Å². The van der Waals surface area contributed by atoms with Gasteiger partial charge < -0.3 is 10.5 Å². The van der Waals surface area contributed by atoms with Crippen LogP contribution in [0.15, 0.2) is 0 Å². The number of carbonyl (C=O) groups is 1. The van der Waals surface area contributed by atoms with Gasteiger partial charge in [-0.2, -0.15) is 0 Å². The fraction of sp³-hybridized carbons (Fsp3) is 0.889. The van der Waals surface area contributed by atoms with Crippen molar-refractivity contribution in [3.8, 4) is 0 Å². The van der Waals surface area contributed by atoms with Gasteiger partial charge in [0.05, 0.1) is 6.10 Å². The number of rotatable bonds is 6. The average Bonchev–Trinajstić information content (AvgIpc) is 1.96. The summed E-state index contributed by atoms with van der Waals surface area (Å²) in [5, 5.41) is 0. The minimum Gasteiger partial charge on any atom is -0.371 e. The van der Waals surface area contributed by atoms with Crippen LogP contribution in [0.3, 0.4) is 0 Å². The Morgan fingerprint density at radius 1 is 1.42 bits per heavy atom. The van der Waals surface area contributed by atoms with Crippen molar-refractivity contribution in [1.29, 1.82) is 0 Å². The van der Waals surface area contributed by atoms with Gasteiger partial charge in [-0.1, -0.05) is 0 Å². The summed E-state index contributed by atoms with van der Waals surface area (Å²) in [4.78, 5) is 11.1. The Hall–Kier alpha value is -0.410. The van der Waals surface area contributed by atoms with Crippen molar-refractivity contribution in [1.82, 2.24) is 0 Å². The zero-order valence-electron chi connectivity index (χ0n) is 8.17. The van der Waals surface area contributed by atoms with E-state index in [1.807, 2.05) is 20.8 Å². The largest absolute Gasteiger partial charge is 0.371 e. The van der Waals surface area contributed by atoms with Crippen molar-refractivity contribution in [2.75, 3.05) is 6.61 Å². The molecule has 2 N–H and O–H groups in total. The van der Waals surface area contributed by atoms with Gasteiger partial charge in [-0.15, -0.1) is 0 Å². The molecule has 0 aromatic heterocycles. The first-order chi connectivity index (χ1) is 5.52. The predicted octanol–water partition coefficient (Wildman–Crippen LogP) is 1.11. The van der Waals surface area contributed by atoms with Gasteiger partial charge >= 0.3 is 0 Å². The average molecular weight is 173 g/mol. The van der Waals surface area contributed by atoms with Gasteiger partial charge in [0.2, 0.25) is 0 Å². The normalized spacial score (nSPS) is 13.4. The number of hydrogen-bond acceptors (Lipinski definition) is 3. The molecule has 0 aliphatic rings. The lowest BCUT2D eigenvalue weighted by atomic mass is 10.1. The van der Waals surface area contributed by atoms with Crippen LogP contribution in [0.2, 0.25) is 0 Å². The zero-order valence-corrected chi connectivity index (χ0v) is 8.17. The van der Waals surface area contributed by atoms with Gasteiger partial charge in [0.15, 0.2) is 5.78 Å². The molecule has 0 aliphatic carbocycles. The Morgan fingerprint density at radius 3 is 2.42 bits per heavy atom. The molecule has 0 bridgehead atoms. The highest BCUT2D eigenvalue weighted by molar-refractivity contribution is 5.79. The van der Waals surface area contributed by atoms with E-state index in [1.54, 1.807) is 0 Å². The first-order valence-corrected chi connectivity index (χ1v) is 4.41. The van der Waals surface area contributed by atoms with E-state index >= 15 is 0 Å². The maximum Gasteiger partial charge on any atom is 0.158 e. The third kappa shape index (κ3) is 7.69. The molecule has 0 heterocycles. The molecule has 0 fully saturated rings. The van der Waals surface area contributed by atoms with E-state index in [1.165, 1.54) is 0 Å². The van der Waals surface area contributed by atoms with Crippen molar-refractivity contribution in [2.24, 2.45) is 5.73 Å². The highest BCUT2D eigenvalue weighted by Crippen LogP contribution is 1.96. The van der Waals surface area contributed by atoms with Crippen LogP contribution >= 0.6 is 0 Å². The van der Waals surface area contributed by atoms with Gasteiger partial charge in [-0.3, -0.25) is 4.79 Å². The molecule has 0 aromatic rings. The van der Waals surface area contributed by atoms with Gasteiger partial charge in [-0.05, 0) is 27.2 Å². The molecule has 0 aliphatic heterocycles. The van der Waals surface area contributed by atoms with Crippen LogP contribution in [0.4, 0.5) is 0 Å². The maximum atomic E-state index is 11.1. The molecule has 0 amide bonds. The van der Waals surface area contributed by atoms with Crippen molar-refractivity contribution < 1.29 is 9.53 Å². The molecule has 72 valence electrons. The van der Waals surface area contributed by atoms with E-state index in [0.29, 0.717) is 6.42 Å². The number of hydrogen-bond donors (Lipinski definition) is 1. The number of nitrogens with two attached hydrogens (primary N) is 1.